The van der Waals surface area contributed by atoms with Gasteiger partial charge in [-0.25, -0.2) is 4.79 Å². The van der Waals surface area contributed by atoms with E-state index in [2.05, 4.69) is 20.9 Å². The fourth-order valence-electron chi connectivity index (χ4n) is 14.4. The monoisotopic (exact) mass is 882 g/mol. The number of carbonyl (C=O) groups excluding carboxylic acids is 5. The second-order valence-corrected chi connectivity index (χ2v) is 19.7. The summed E-state index contributed by atoms with van der Waals surface area (Å²) in [5.74, 6) is -3.32. The molecule has 64 heavy (non-hydrogen) atoms. The van der Waals surface area contributed by atoms with Gasteiger partial charge in [-0.3, -0.25) is 29.0 Å². The van der Waals surface area contributed by atoms with Gasteiger partial charge in [0.05, 0.1) is 32.0 Å². The third-order valence-electron chi connectivity index (χ3n) is 16.7. The molecule has 2 aromatic rings. The Balaban J connectivity index is 1.36. The third-order valence-corrected chi connectivity index (χ3v) is 16.7. The van der Waals surface area contributed by atoms with Crippen molar-refractivity contribution in [3.63, 3.8) is 0 Å². The number of aromatic nitrogens is 1. The SMILES string of the molecule is CC[C@]1(O)C[C@H]2CN(CCc3c([nH]c4cc(C(C)=O)c(C)cc34)[C@@](C(=O)OC)(C3C=C4C(=CC3OC)N(C=O)[C@H]3[C@@](O)(C(=O)OC)[C@H](OC(C)=O)[C@]5(CC)C=CCN6CC[C@]43[C@@H]65)C2)C1. The molecule has 9 rings (SSSR count). The molecule has 6 heterocycles. The smallest absolute Gasteiger partial charge is 0.344 e. The molecule has 1 spiro atoms. The van der Waals surface area contributed by atoms with Crippen LogP contribution >= 0.6 is 0 Å². The van der Waals surface area contributed by atoms with E-state index in [0.717, 1.165) is 16.5 Å². The maximum Gasteiger partial charge on any atom is 0.344 e. The lowest BCUT2D eigenvalue weighted by molar-refractivity contribution is -0.242. The first-order valence-electron chi connectivity index (χ1n) is 22.8. The van der Waals surface area contributed by atoms with Gasteiger partial charge in [0.15, 0.2) is 11.9 Å². The van der Waals surface area contributed by atoms with Crippen LogP contribution in [0.1, 0.15) is 87.0 Å². The number of likely N-dealkylation sites (tertiary alicyclic amines) is 1. The van der Waals surface area contributed by atoms with Crippen LogP contribution in [0.4, 0.5) is 0 Å². The van der Waals surface area contributed by atoms with Crippen LogP contribution in [0.3, 0.4) is 0 Å². The average molecular weight is 883 g/mol. The van der Waals surface area contributed by atoms with Gasteiger partial charge in [-0.2, -0.15) is 0 Å². The summed E-state index contributed by atoms with van der Waals surface area (Å²) in [6.07, 6.45) is 8.67. The van der Waals surface area contributed by atoms with Crippen molar-refractivity contribution in [3.8, 4) is 0 Å². The number of carbonyl (C=O) groups is 5. The Kier molecular flexibility index (Phi) is 10.8. The zero-order valence-corrected chi connectivity index (χ0v) is 38.2. The van der Waals surface area contributed by atoms with E-state index in [1.54, 1.807) is 7.11 Å². The number of aromatic amines is 1. The highest BCUT2D eigenvalue weighted by molar-refractivity contribution is 6.01. The largest absolute Gasteiger partial charge is 0.468 e. The molecule has 1 saturated carbocycles. The van der Waals surface area contributed by atoms with Crippen molar-refractivity contribution in [1.29, 1.82) is 0 Å². The second-order valence-electron chi connectivity index (χ2n) is 19.7. The zero-order valence-electron chi connectivity index (χ0n) is 38.2. The van der Waals surface area contributed by atoms with Crippen LogP contribution in [-0.2, 0) is 50.0 Å². The molecule has 1 aromatic heterocycles. The van der Waals surface area contributed by atoms with Gasteiger partial charge in [-0.1, -0.05) is 32.1 Å². The molecule has 4 fully saturated rings. The van der Waals surface area contributed by atoms with Gasteiger partial charge in [0.1, 0.15) is 5.41 Å². The number of hydrogen-bond acceptors (Lipinski definition) is 13. The summed E-state index contributed by atoms with van der Waals surface area (Å²) in [5.41, 5.74) is -2.58. The summed E-state index contributed by atoms with van der Waals surface area (Å²) >= 11 is 0. The van der Waals surface area contributed by atoms with E-state index < -0.39 is 75.6 Å². The summed E-state index contributed by atoms with van der Waals surface area (Å²) in [6.45, 7) is 11.5. The Morgan fingerprint density at radius 1 is 0.969 bits per heavy atom. The van der Waals surface area contributed by atoms with E-state index in [9.17, 15) is 29.4 Å². The number of nitrogens with zero attached hydrogens (tertiary/aromatic N) is 3. The molecule has 2 aliphatic carbocycles. The van der Waals surface area contributed by atoms with Crippen LogP contribution in [0, 0.1) is 29.6 Å². The van der Waals surface area contributed by atoms with E-state index in [4.69, 9.17) is 18.9 Å². The first-order chi connectivity index (χ1) is 30.5. The number of piperidine rings is 1. The lowest BCUT2D eigenvalue weighted by atomic mass is 9.47. The molecule has 12 atom stereocenters. The summed E-state index contributed by atoms with van der Waals surface area (Å²) in [5, 5.41) is 26.3. The van der Waals surface area contributed by atoms with Crippen molar-refractivity contribution in [3.05, 3.63) is 70.1 Å². The van der Waals surface area contributed by atoms with Crippen molar-refractivity contribution in [2.75, 3.05) is 54.1 Å². The van der Waals surface area contributed by atoms with Crippen molar-refractivity contribution in [2.24, 2.45) is 22.7 Å². The van der Waals surface area contributed by atoms with Crippen molar-refractivity contribution in [2.45, 2.75) is 114 Å². The van der Waals surface area contributed by atoms with E-state index >= 15 is 4.79 Å². The minimum Gasteiger partial charge on any atom is -0.468 e. The zero-order chi connectivity index (χ0) is 45.9. The molecular weight excluding hydrogens is 821 g/mol. The molecule has 1 aromatic carbocycles. The summed E-state index contributed by atoms with van der Waals surface area (Å²) in [6, 6.07) is 2.11. The number of aliphatic hydroxyl groups is 2. The van der Waals surface area contributed by atoms with Gasteiger partial charge in [0.2, 0.25) is 12.0 Å². The quantitative estimate of drug-likeness (QED) is 0.109. The number of Topliss-reactive ketones (excluding diaryl/α,β-unsaturated/α-hetero) is 1. The number of aryl methyl sites for hydroxylation is 1. The Labute approximate surface area is 373 Å². The Morgan fingerprint density at radius 2 is 1.72 bits per heavy atom. The fraction of sp³-hybridized carbons (Fsp3) is 0.612. The number of hydrogen-bond donors (Lipinski definition) is 3. The molecule has 15 heteroatoms. The number of allylic oxidation sites excluding steroid dienone is 1. The summed E-state index contributed by atoms with van der Waals surface area (Å²) in [7, 11) is 4.11. The van der Waals surface area contributed by atoms with E-state index in [-0.39, 0.29) is 18.1 Å². The highest BCUT2D eigenvalue weighted by Gasteiger charge is 2.82. The van der Waals surface area contributed by atoms with E-state index in [0.29, 0.717) is 99.3 Å². The van der Waals surface area contributed by atoms with E-state index in [1.165, 1.54) is 33.0 Å². The molecule has 1 amide bonds. The number of H-pyrrole nitrogens is 1. The van der Waals surface area contributed by atoms with Gasteiger partial charge in [-0.05, 0) is 99.7 Å². The first-order valence-corrected chi connectivity index (χ1v) is 22.8. The molecule has 0 radical (unpaired) electrons. The molecule has 3 N–H and O–H groups in total. The molecule has 7 aliphatic rings. The predicted octanol–water partition coefficient (Wildman–Crippen LogP) is 3.67. The maximum absolute atomic E-state index is 15.5. The van der Waals surface area contributed by atoms with Crippen LogP contribution in [0.5, 0.6) is 0 Å². The third kappa shape index (κ3) is 5.85. The summed E-state index contributed by atoms with van der Waals surface area (Å²) in [4.78, 5) is 79.5. The minimum atomic E-state index is -2.55. The van der Waals surface area contributed by atoms with Crippen LogP contribution in [0.2, 0.25) is 0 Å². The van der Waals surface area contributed by atoms with Gasteiger partial charge in [-0.15, -0.1) is 0 Å². The molecule has 15 nitrogen and oxygen atoms in total. The van der Waals surface area contributed by atoms with Crippen LogP contribution < -0.4 is 0 Å². The molecule has 344 valence electrons. The number of ether oxygens (including phenoxy) is 4. The Hall–Kier alpha value is -4.67. The molecule has 5 aliphatic heterocycles. The maximum atomic E-state index is 15.5. The molecule has 3 saturated heterocycles. The number of benzene rings is 1. The van der Waals surface area contributed by atoms with Crippen molar-refractivity contribution in [1.82, 2.24) is 19.7 Å². The average Bonchev–Trinajstić information content (AvgIpc) is 3.94. The topological polar surface area (TPSA) is 188 Å². The molecule has 3 unspecified atom stereocenters. The van der Waals surface area contributed by atoms with Crippen LogP contribution in [0.25, 0.3) is 10.9 Å². The van der Waals surface area contributed by atoms with Crippen molar-refractivity contribution >= 4 is 41.0 Å². The van der Waals surface area contributed by atoms with Gasteiger partial charge < -0.3 is 39.0 Å². The number of rotatable bonds is 9. The normalized spacial score (nSPS) is 38.6. The van der Waals surface area contributed by atoms with Gasteiger partial charge in [0.25, 0.3) is 0 Å². The number of nitrogens with one attached hydrogen (secondary N) is 1. The first kappa shape index (κ1) is 44.5. The van der Waals surface area contributed by atoms with Crippen LogP contribution in [-0.4, -0.2) is 150 Å². The van der Waals surface area contributed by atoms with Crippen LogP contribution in [0.15, 0.2) is 47.7 Å². The Morgan fingerprint density at radius 3 is 2.36 bits per heavy atom. The van der Waals surface area contributed by atoms with E-state index in [1.807, 2.05) is 51.1 Å². The molecule has 2 bridgehead atoms. The fourth-order valence-corrected chi connectivity index (χ4v) is 14.4. The number of fused-ring (bicyclic) bond motifs is 6. The standard InChI is InChI=1S/C49H62N4O11/c1-9-45(59)22-30-23-48(43(57)62-7,39-31(12-16-51(24-30)25-45)33-18-27(3)32(28(4)55)19-36(33)50-39)35-20-34-37(21-38(35)61-6)53(26-54)41-47(34)14-17-52-15-11-13-46(10-2,40(47)52)42(64-29(5)56)49(41,60)44(58)63-8/h11,13,18-21,26,30,35,38,40-42,50,59-60H,9-10,12,14-17,22-25H2,1-8H3/t30-,35?,38?,40+,41-,42-,45+,46-,47-,48+,49+/m1/s1. The molecular formula is C49H62N4O11. The number of amides is 1. The summed E-state index contributed by atoms with van der Waals surface area (Å²) < 4.78 is 23.9. The number of methoxy groups -OCH3 is 3. The van der Waals surface area contributed by atoms with Gasteiger partial charge >= 0.3 is 17.9 Å². The number of esters is 3. The Bertz CT molecular complexity index is 2420. The highest BCUT2D eigenvalue weighted by Crippen LogP contribution is 2.70. The highest BCUT2D eigenvalue weighted by atomic mass is 16.6. The second kappa shape index (κ2) is 15.5. The minimum absolute atomic E-state index is 0.0810. The lowest BCUT2D eigenvalue weighted by Crippen LogP contribution is -2.80. The van der Waals surface area contributed by atoms with Gasteiger partial charge in [0, 0.05) is 90.9 Å². The van der Waals surface area contributed by atoms with Crippen molar-refractivity contribution < 1.29 is 53.1 Å². The lowest BCUT2D eigenvalue weighted by Gasteiger charge is -2.63. The number of ketones is 1. The predicted molar refractivity (Wildman–Crippen MR) is 234 cm³/mol.